The second kappa shape index (κ2) is 5.89. The number of hydrogen-bond acceptors (Lipinski definition) is 4. The van der Waals surface area contributed by atoms with Crippen LogP contribution in [0.1, 0.15) is 23.1 Å². The van der Waals surface area contributed by atoms with Gasteiger partial charge in [0.1, 0.15) is 5.52 Å². The number of hydrogen-bond donors (Lipinski definition) is 1. The van der Waals surface area contributed by atoms with Gasteiger partial charge in [-0.1, -0.05) is 36.4 Å². The van der Waals surface area contributed by atoms with Crippen LogP contribution in [0.5, 0.6) is 0 Å². The Morgan fingerprint density at radius 3 is 2.64 bits per heavy atom. The Labute approximate surface area is 127 Å². The zero-order valence-electron chi connectivity index (χ0n) is 12.4. The fourth-order valence-corrected chi connectivity index (χ4v) is 2.30. The topological polar surface area (TPSA) is 64.4 Å². The maximum absolute atomic E-state index is 11.7. The second-order valence-electron chi connectivity index (χ2n) is 4.91. The molecule has 0 bridgehead atoms. The molecule has 0 radical (unpaired) electrons. The van der Waals surface area contributed by atoms with E-state index in [0.29, 0.717) is 11.5 Å². The maximum Gasteiger partial charge on any atom is 0.408 e. The summed E-state index contributed by atoms with van der Waals surface area (Å²) in [5.41, 5.74) is 3.24. The van der Waals surface area contributed by atoms with Crippen molar-refractivity contribution in [1.82, 2.24) is 10.3 Å². The fourth-order valence-electron chi connectivity index (χ4n) is 2.30. The highest BCUT2D eigenvalue weighted by atomic mass is 16.6. The molecule has 5 heteroatoms. The molecule has 2 aromatic carbocycles. The Balaban J connectivity index is 2.08. The van der Waals surface area contributed by atoms with Gasteiger partial charge in [-0.15, -0.1) is 0 Å². The number of carbonyl (C=O) groups is 1. The third-order valence-corrected chi connectivity index (χ3v) is 3.43. The van der Waals surface area contributed by atoms with Crippen molar-refractivity contribution in [2.24, 2.45) is 0 Å². The number of benzene rings is 2. The lowest BCUT2D eigenvalue weighted by atomic mass is 10.0. The molecule has 1 unspecified atom stereocenters. The van der Waals surface area contributed by atoms with Crippen LogP contribution in [-0.4, -0.2) is 18.1 Å². The lowest BCUT2D eigenvalue weighted by molar-refractivity contribution is 0.105. The highest BCUT2D eigenvalue weighted by Gasteiger charge is 2.25. The van der Waals surface area contributed by atoms with Crippen molar-refractivity contribution in [1.29, 1.82) is 0 Å². The van der Waals surface area contributed by atoms with Crippen LogP contribution in [0.25, 0.3) is 11.1 Å². The fraction of sp³-hybridized carbons (Fsp3) is 0.176. The Morgan fingerprint density at radius 1 is 1.18 bits per heavy atom. The SMILES string of the molecule is CNC(=O)OC(c1nc2ccccc2o1)c1ccccc1C. The Hall–Kier alpha value is -2.82. The number of nitrogens with one attached hydrogen (secondary N) is 1. The van der Waals surface area contributed by atoms with E-state index in [1.807, 2.05) is 55.5 Å². The third kappa shape index (κ3) is 2.65. The second-order valence-corrected chi connectivity index (χ2v) is 4.91. The molecule has 3 aromatic rings. The number of nitrogens with zero attached hydrogens (tertiary/aromatic N) is 1. The molecule has 0 spiro atoms. The van der Waals surface area contributed by atoms with Gasteiger partial charge in [-0.05, 0) is 24.6 Å². The number of amides is 1. The summed E-state index contributed by atoms with van der Waals surface area (Å²) in [6, 6.07) is 15.1. The van der Waals surface area contributed by atoms with E-state index >= 15 is 0 Å². The summed E-state index contributed by atoms with van der Waals surface area (Å²) in [5.74, 6) is 0.360. The van der Waals surface area contributed by atoms with Crippen LogP contribution in [0.3, 0.4) is 0 Å². The molecule has 1 aromatic heterocycles. The smallest absolute Gasteiger partial charge is 0.408 e. The van der Waals surface area contributed by atoms with Crippen molar-refractivity contribution in [3.8, 4) is 0 Å². The maximum atomic E-state index is 11.7. The number of aryl methyl sites for hydroxylation is 1. The van der Waals surface area contributed by atoms with Crippen LogP contribution in [0, 0.1) is 6.92 Å². The standard InChI is InChI=1S/C17H16N2O3/c1-11-7-3-4-8-12(11)15(22-17(20)18-2)16-19-13-9-5-6-10-14(13)21-16/h3-10,15H,1-2H3,(H,18,20). The molecule has 0 aliphatic heterocycles. The Kier molecular flexibility index (Phi) is 3.78. The largest absolute Gasteiger partial charge is 0.436 e. The van der Waals surface area contributed by atoms with Gasteiger partial charge in [0.05, 0.1) is 0 Å². The average Bonchev–Trinajstić information content (AvgIpc) is 2.97. The Morgan fingerprint density at radius 2 is 1.91 bits per heavy atom. The molecule has 0 saturated carbocycles. The van der Waals surface area contributed by atoms with E-state index in [-0.39, 0.29) is 0 Å². The molecule has 0 saturated heterocycles. The predicted octanol–water partition coefficient (Wildman–Crippen LogP) is 3.58. The number of para-hydroxylation sites is 2. The summed E-state index contributed by atoms with van der Waals surface area (Å²) in [4.78, 5) is 16.1. The van der Waals surface area contributed by atoms with Gasteiger partial charge in [0, 0.05) is 12.6 Å². The predicted molar refractivity (Wildman–Crippen MR) is 82.6 cm³/mol. The van der Waals surface area contributed by atoms with Gasteiger partial charge < -0.3 is 14.5 Å². The van der Waals surface area contributed by atoms with Crippen LogP contribution < -0.4 is 5.32 Å². The minimum atomic E-state index is -0.687. The minimum absolute atomic E-state index is 0.360. The van der Waals surface area contributed by atoms with Crippen LogP contribution >= 0.6 is 0 Å². The summed E-state index contributed by atoms with van der Waals surface area (Å²) in [7, 11) is 1.52. The quantitative estimate of drug-likeness (QED) is 0.802. The zero-order chi connectivity index (χ0) is 15.5. The van der Waals surface area contributed by atoms with Gasteiger partial charge in [0.15, 0.2) is 5.58 Å². The van der Waals surface area contributed by atoms with E-state index in [1.165, 1.54) is 7.05 Å². The molecule has 0 aliphatic rings. The summed E-state index contributed by atoms with van der Waals surface area (Å²) in [6.45, 7) is 1.96. The summed E-state index contributed by atoms with van der Waals surface area (Å²) in [6.07, 6.45) is -1.22. The van der Waals surface area contributed by atoms with Crippen LogP contribution in [0.2, 0.25) is 0 Å². The first-order valence-electron chi connectivity index (χ1n) is 6.98. The molecule has 22 heavy (non-hydrogen) atoms. The van der Waals surface area contributed by atoms with Gasteiger partial charge in [-0.2, -0.15) is 0 Å². The van der Waals surface area contributed by atoms with Crippen molar-refractivity contribution < 1.29 is 13.9 Å². The lowest BCUT2D eigenvalue weighted by Crippen LogP contribution is -2.23. The van der Waals surface area contributed by atoms with E-state index in [1.54, 1.807) is 0 Å². The number of oxazole rings is 1. The molecule has 3 rings (SSSR count). The number of carbonyl (C=O) groups excluding carboxylic acids is 1. The molecular weight excluding hydrogens is 280 g/mol. The van der Waals surface area contributed by atoms with Gasteiger partial charge >= 0.3 is 6.09 Å². The highest BCUT2D eigenvalue weighted by Crippen LogP contribution is 2.30. The molecule has 0 aliphatic carbocycles. The lowest BCUT2D eigenvalue weighted by Gasteiger charge is -2.16. The molecule has 1 atom stereocenters. The summed E-state index contributed by atoms with van der Waals surface area (Å²) < 4.78 is 11.2. The van der Waals surface area contributed by atoms with Crippen molar-refractivity contribution in [2.75, 3.05) is 7.05 Å². The normalized spacial score (nSPS) is 12.1. The monoisotopic (exact) mass is 296 g/mol. The molecular formula is C17H16N2O3. The van der Waals surface area contributed by atoms with Crippen LogP contribution in [0.4, 0.5) is 4.79 Å². The van der Waals surface area contributed by atoms with Crippen molar-refractivity contribution in [3.63, 3.8) is 0 Å². The summed E-state index contributed by atoms with van der Waals surface area (Å²) in [5, 5.41) is 2.46. The zero-order valence-corrected chi connectivity index (χ0v) is 12.4. The van der Waals surface area contributed by atoms with E-state index in [4.69, 9.17) is 9.15 Å². The molecule has 1 heterocycles. The molecule has 5 nitrogen and oxygen atoms in total. The number of alkyl carbamates (subject to hydrolysis) is 1. The van der Waals surface area contributed by atoms with E-state index < -0.39 is 12.2 Å². The van der Waals surface area contributed by atoms with Gasteiger partial charge in [-0.25, -0.2) is 9.78 Å². The molecule has 1 amide bonds. The number of ether oxygens (including phenoxy) is 1. The van der Waals surface area contributed by atoms with Crippen LogP contribution in [-0.2, 0) is 4.74 Å². The van der Waals surface area contributed by atoms with Gasteiger partial charge in [-0.3, -0.25) is 0 Å². The van der Waals surface area contributed by atoms with Gasteiger partial charge in [0.25, 0.3) is 0 Å². The highest BCUT2D eigenvalue weighted by molar-refractivity contribution is 5.72. The van der Waals surface area contributed by atoms with Crippen molar-refractivity contribution >= 4 is 17.2 Å². The summed E-state index contributed by atoms with van der Waals surface area (Å²) >= 11 is 0. The first-order valence-corrected chi connectivity index (χ1v) is 6.98. The minimum Gasteiger partial charge on any atom is -0.436 e. The van der Waals surface area contributed by atoms with Gasteiger partial charge in [0.2, 0.25) is 12.0 Å². The van der Waals surface area contributed by atoms with E-state index in [2.05, 4.69) is 10.3 Å². The van der Waals surface area contributed by atoms with E-state index in [9.17, 15) is 4.79 Å². The first kappa shape index (κ1) is 14.1. The molecule has 0 fully saturated rings. The number of aromatic nitrogens is 1. The third-order valence-electron chi connectivity index (χ3n) is 3.43. The van der Waals surface area contributed by atoms with Crippen molar-refractivity contribution in [3.05, 3.63) is 65.5 Å². The van der Waals surface area contributed by atoms with Crippen LogP contribution in [0.15, 0.2) is 52.9 Å². The number of fused-ring (bicyclic) bond motifs is 1. The number of rotatable bonds is 3. The average molecular weight is 296 g/mol. The van der Waals surface area contributed by atoms with Crippen molar-refractivity contribution in [2.45, 2.75) is 13.0 Å². The molecule has 1 N–H and O–H groups in total. The molecule has 112 valence electrons. The first-order chi connectivity index (χ1) is 10.7. The van der Waals surface area contributed by atoms with E-state index in [0.717, 1.165) is 16.6 Å². The Bertz CT molecular complexity index is 777.